The summed E-state index contributed by atoms with van der Waals surface area (Å²) in [5, 5.41) is 3.02. The number of benzene rings is 2. The summed E-state index contributed by atoms with van der Waals surface area (Å²) in [6, 6.07) is 9.30. The monoisotopic (exact) mass is 325 g/mol. The Labute approximate surface area is 119 Å². The minimum atomic E-state index is -0.382. The molecule has 2 rings (SSSR count). The van der Waals surface area contributed by atoms with Gasteiger partial charge < -0.3 is 5.32 Å². The van der Waals surface area contributed by atoms with Crippen LogP contribution in [0.2, 0.25) is 0 Å². The van der Waals surface area contributed by atoms with Crippen molar-refractivity contribution in [3.8, 4) is 0 Å². The van der Waals surface area contributed by atoms with Crippen LogP contribution in [-0.2, 0) is 0 Å². The highest BCUT2D eigenvalue weighted by Gasteiger charge is 2.17. The second-order valence-electron chi connectivity index (χ2n) is 4.40. The van der Waals surface area contributed by atoms with Gasteiger partial charge in [0.1, 0.15) is 11.6 Å². The number of hydrogen-bond donors (Lipinski definition) is 1. The molecule has 1 unspecified atom stereocenters. The first kappa shape index (κ1) is 14.2. The average molecular weight is 326 g/mol. The lowest BCUT2D eigenvalue weighted by Crippen LogP contribution is -2.19. The lowest BCUT2D eigenvalue weighted by molar-refractivity contribution is 0.570. The zero-order chi connectivity index (χ0) is 14.0. The molecule has 0 radical (unpaired) electrons. The Morgan fingerprint density at radius 3 is 2.42 bits per heavy atom. The minimum absolute atomic E-state index is 0.284. The quantitative estimate of drug-likeness (QED) is 0.884. The molecule has 100 valence electrons. The summed E-state index contributed by atoms with van der Waals surface area (Å²) in [6.07, 6.45) is 0. The van der Waals surface area contributed by atoms with Gasteiger partial charge in [-0.05, 0) is 49.4 Å². The van der Waals surface area contributed by atoms with Gasteiger partial charge in [0.2, 0.25) is 0 Å². The molecule has 4 heteroatoms. The topological polar surface area (TPSA) is 12.0 Å². The van der Waals surface area contributed by atoms with E-state index in [4.69, 9.17) is 0 Å². The minimum Gasteiger partial charge on any atom is -0.309 e. The fourth-order valence-corrected chi connectivity index (χ4v) is 2.41. The number of rotatable bonds is 3. The molecule has 1 atom stereocenters. The van der Waals surface area contributed by atoms with Crippen molar-refractivity contribution in [2.24, 2.45) is 0 Å². The van der Waals surface area contributed by atoms with Crippen LogP contribution < -0.4 is 5.32 Å². The summed E-state index contributed by atoms with van der Waals surface area (Å²) in [4.78, 5) is 0. The van der Waals surface area contributed by atoms with Gasteiger partial charge >= 0.3 is 0 Å². The molecule has 2 aromatic carbocycles. The standard InChI is InChI=1S/C15H14BrF2N/c1-9-3-4-10(7-14(9)18)15(19-2)12-8-11(16)5-6-13(12)17/h3-8,15,19H,1-2H3. The highest BCUT2D eigenvalue weighted by Crippen LogP contribution is 2.27. The Morgan fingerprint density at radius 1 is 1.05 bits per heavy atom. The Hall–Kier alpha value is -1.26. The molecule has 2 aromatic rings. The fraction of sp³-hybridized carbons (Fsp3) is 0.200. The molecule has 0 fully saturated rings. The van der Waals surface area contributed by atoms with Crippen LogP contribution in [-0.4, -0.2) is 7.05 Å². The Kier molecular flexibility index (Phi) is 4.32. The van der Waals surface area contributed by atoms with Crippen LogP contribution in [0.5, 0.6) is 0 Å². The second-order valence-corrected chi connectivity index (χ2v) is 5.31. The summed E-state index contributed by atoms with van der Waals surface area (Å²) in [6.45, 7) is 1.70. The predicted octanol–water partition coefficient (Wildman–Crippen LogP) is 4.34. The third-order valence-corrected chi connectivity index (χ3v) is 3.58. The maximum atomic E-state index is 13.9. The largest absolute Gasteiger partial charge is 0.309 e. The van der Waals surface area contributed by atoms with Crippen LogP contribution in [0.25, 0.3) is 0 Å². The van der Waals surface area contributed by atoms with Crippen LogP contribution in [0, 0.1) is 18.6 Å². The summed E-state index contributed by atoms with van der Waals surface area (Å²) < 4.78 is 28.3. The van der Waals surface area contributed by atoms with Crippen LogP contribution in [0.3, 0.4) is 0 Å². The van der Waals surface area contributed by atoms with Gasteiger partial charge in [-0.25, -0.2) is 8.78 Å². The molecular weight excluding hydrogens is 312 g/mol. The average Bonchev–Trinajstić information content (AvgIpc) is 2.38. The third kappa shape index (κ3) is 3.01. The van der Waals surface area contributed by atoms with E-state index in [2.05, 4.69) is 21.2 Å². The third-order valence-electron chi connectivity index (χ3n) is 3.09. The van der Waals surface area contributed by atoms with Gasteiger partial charge in [0.05, 0.1) is 6.04 Å². The van der Waals surface area contributed by atoms with Crippen molar-refractivity contribution in [2.75, 3.05) is 7.05 Å². The van der Waals surface area contributed by atoms with Crippen LogP contribution >= 0.6 is 15.9 Å². The number of aryl methyl sites for hydroxylation is 1. The molecule has 0 saturated carbocycles. The first-order valence-electron chi connectivity index (χ1n) is 5.91. The summed E-state index contributed by atoms with van der Waals surface area (Å²) >= 11 is 3.32. The summed E-state index contributed by atoms with van der Waals surface area (Å²) in [5.41, 5.74) is 1.76. The lowest BCUT2D eigenvalue weighted by atomic mass is 9.97. The molecule has 0 aliphatic carbocycles. The lowest BCUT2D eigenvalue weighted by Gasteiger charge is -2.18. The van der Waals surface area contributed by atoms with Crippen LogP contribution in [0.4, 0.5) is 8.78 Å². The molecule has 0 amide bonds. The first-order chi connectivity index (χ1) is 9.02. The predicted molar refractivity (Wildman–Crippen MR) is 76.1 cm³/mol. The van der Waals surface area contributed by atoms with E-state index < -0.39 is 0 Å². The molecule has 0 bridgehead atoms. The fourth-order valence-electron chi connectivity index (χ4n) is 2.03. The van der Waals surface area contributed by atoms with Gasteiger partial charge in [0.25, 0.3) is 0 Å². The molecule has 0 heterocycles. The molecule has 0 spiro atoms. The molecule has 0 aromatic heterocycles. The highest BCUT2D eigenvalue weighted by atomic mass is 79.9. The van der Waals surface area contributed by atoms with E-state index in [1.54, 1.807) is 38.2 Å². The molecule has 19 heavy (non-hydrogen) atoms. The molecular formula is C15H14BrF2N. The van der Waals surface area contributed by atoms with E-state index in [9.17, 15) is 8.78 Å². The van der Waals surface area contributed by atoms with Gasteiger partial charge in [-0.1, -0.05) is 28.1 Å². The molecule has 1 nitrogen and oxygen atoms in total. The van der Waals surface area contributed by atoms with Crippen LogP contribution in [0.15, 0.2) is 40.9 Å². The smallest absolute Gasteiger partial charge is 0.128 e. The van der Waals surface area contributed by atoms with Gasteiger partial charge in [-0.15, -0.1) is 0 Å². The van der Waals surface area contributed by atoms with Gasteiger partial charge in [-0.2, -0.15) is 0 Å². The Morgan fingerprint density at radius 2 is 1.79 bits per heavy atom. The van der Waals surface area contributed by atoms with Crippen molar-refractivity contribution < 1.29 is 8.78 Å². The van der Waals surface area contributed by atoms with E-state index >= 15 is 0 Å². The normalized spacial score (nSPS) is 12.5. The number of nitrogens with one attached hydrogen (secondary N) is 1. The van der Waals surface area contributed by atoms with Gasteiger partial charge in [0.15, 0.2) is 0 Å². The summed E-state index contributed by atoms with van der Waals surface area (Å²) in [7, 11) is 1.72. The summed E-state index contributed by atoms with van der Waals surface area (Å²) in [5.74, 6) is -0.600. The Balaban J connectivity index is 2.49. The molecule has 1 N–H and O–H groups in total. The van der Waals surface area contributed by atoms with Crippen molar-refractivity contribution in [3.05, 3.63) is 69.2 Å². The second kappa shape index (κ2) is 5.80. The zero-order valence-electron chi connectivity index (χ0n) is 10.7. The van der Waals surface area contributed by atoms with Crippen LogP contribution in [0.1, 0.15) is 22.7 Å². The van der Waals surface area contributed by atoms with Gasteiger partial charge in [-0.3, -0.25) is 0 Å². The van der Waals surface area contributed by atoms with Crippen molar-refractivity contribution in [2.45, 2.75) is 13.0 Å². The molecule has 0 saturated heterocycles. The van der Waals surface area contributed by atoms with E-state index in [1.807, 2.05) is 0 Å². The van der Waals surface area contributed by atoms with Crippen molar-refractivity contribution >= 4 is 15.9 Å². The highest BCUT2D eigenvalue weighted by molar-refractivity contribution is 9.10. The van der Waals surface area contributed by atoms with E-state index in [0.717, 1.165) is 4.47 Å². The SMILES string of the molecule is CNC(c1ccc(C)c(F)c1)c1cc(Br)ccc1F. The first-order valence-corrected chi connectivity index (χ1v) is 6.70. The molecule has 0 aliphatic heterocycles. The van der Waals surface area contributed by atoms with Crippen molar-refractivity contribution in [1.29, 1.82) is 0 Å². The maximum absolute atomic E-state index is 13.9. The van der Waals surface area contributed by atoms with E-state index in [0.29, 0.717) is 16.7 Å². The maximum Gasteiger partial charge on any atom is 0.128 e. The number of hydrogen-bond acceptors (Lipinski definition) is 1. The zero-order valence-corrected chi connectivity index (χ0v) is 12.3. The van der Waals surface area contributed by atoms with E-state index in [-0.39, 0.29) is 17.7 Å². The van der Waals surface area contributed by atoms with Crippen molar-refractivity contribution in [3.63, 3.8) is 0 Å². The number of halogens is 3. The van der Waals surface area contributed by atoms with Gasteiger partial charge in [0, 0.05) is 10.0 Å². The van der Waals surface area contributed by atoms with E-state index in [1.165, 1.54) is 12.1 Å². The molecule has 0 aliphatic rings. The van der Waals surface area contributed by atoms with Crippen molar-refractivity contribution in [1.82, 2.24) is 5.32 Å². The Bertz CT molecular complexity index is 599.